The fourth-order valence-corrected chi connectivity index (χ4v) is 9.68. The molecule has 14 nitrogen and oxygen atoms in total. The van der Waals surface area contributed by atoms with Crippen molar-refractivity contribution in [3.63, 3.8) is 0 Å². The van der Waals surface area contributed by atoms with Crippen LogP contribution in [0.3, 0.4) is 0 Å². The maximum absolute atomic E-state index is 14.8. The Labute approximate surface area is 384 Å². The van der Waals surface area contributed by atoms with Crippen LogP contribution in [-0.4, -0.2) is 81.8 Å². The standard InChI is InChI=1S/C51H58FN3O11/c1-2-26-64-51-47(54(32-35-14-18-39(52)19-15-35)50(59)63-28-27-62-33-36-10-4-3-5-11-36)31-45(53-65-34-37-16-20-40(21-17-37)55(60)61)43-29-38(12-6-8-24-56)42(13-7-9-25-57)48(49(43)51)44-30-41(58)22-23-46(44)66-51/h2-5,10-11,14-23,29-30,38,42,47-49,56-58H,1,6-9,12-13,24-28,31-34H2. The molecule has 1 saturated carbocycles. The Morgan fingerprint density at radius 2 is 1.64 bits per heavy atom. The van der Waals surface area contributed by atoms with Gasteiger partial charge in [-0.15, -0.1) is 6.58 Å². The number of hydrogen-bond acceptors (Lipinski definition) is 12. The molecular weight excluding hydrogens is 850 g/mol. The minimum Gasteiger partial charge on any atom is -0.508 e. The van der Waals surface area contributed by atoms with Crippen LogP contribution in [0.5, 0.6) is 11.5 Å². The Balaban J connectivity index is 1.36. The number of aliphatic hydroxyl groups excluding tert-OH is 2. The SMILES string of the molecule is C=CCOC12Oc3ccc(O)cc3C3C(CCCCO)C(CCCCO)C=C(C(=NOCc4ccc([N+](=O)[O-])cc4)CC1N(Cc1ccc(F)cc1)C(=O)OCCOCc1ccccc1)C32. The first-order valence-corrected chi connectivity index (χ1v) is 22.6. The topological polar surface area (TPSA) is 183 Å². The van der Waals surface area contributed by atoms with E-state index in [4.69, 9.17) is 28.9 Å². The fraction of sp³-hybridized carbons (Fsp3) is 0.412. The minimum absolute atomic E-state index is 0.0193. The number of hydrogen-bond donors (Lipinski definition) is 3. The number of carbonyl (C=O) groups is 1. The van der Waals surface area contributed by atoms with E-state index in [9.17, 15) is 34.6 Å². The van der Waals surface area contributed by atoms with E-state index in [1.807, 2.05) is 30.3 Å². The lowest BCUT2D eigenvalue weighted by Gasteiger charge is -2.59. The number of halogens is 1. The van der Waals surface area contributed by atoms with Crippen LogP contribution in [0.1, 0.15) is 73.1 Å². The van der Waals surface area contributed by atoms with Gasteiger partial charge in [-0.2, -0.15) is 0 Å². The molecule has 66 heavy (non-hydrogen) atoms. The maximum Gasteiger partial charge on any atom is 0.410 e. The first-order valence-electron chi connectivity index (χ1n) is 22.6. The Kier molecular flexibility index (Phi) is 16.6. The Morgan fingerprint density at radius 1 is 0.924 bits per heavy atom. The van der Waals surface area contributed by atoms with Crippen molar-refractivity contribution >= 4 is 17.5 Å². The smallest absolute Gasteiger partial charge is 0.410 e. The molecule has 350 valence electrons. The summed E-state index contributed by atoms with van der Waals surface area (Å²) in [5.74, 6) is -2.75. The van der Waals surface area contributed by atoms with Gasteiger partial charge in [-0.25, -0.2) is 9.18 Å². The molecule has 0 radical (unpaired) electrons. The number of nitrogens with zero attached hydrogens (tertiary/aromatic N) is 3. The van der Waals surface area contributed by atoms with Gasteiger partial charge >= 0.3 is 6.09 Å². The number of benzene rings is 4. The van der Waals surface area contributed by atoms with Crippen LogP contribution in [-0.2, 0) is 38.8 Å². The average molecular weight is 908 g/mol. The Morgan fingerprint density at radius 3 is 2.35 bits per heavy atom. The van der Waals surface area contributed by atoms with E-state index >= 15 is 0 Å². The normalized spacial score (nSPS) is 22.3. The number of allylic oxidation sites excluding steroid dienone is 1. The molecule has 1 fully saturated rings. The molecule has 7 rings (SSSR count). The van der Waals surface area contributed by atoms with Crippen molar-refractivity contribution in [3.8, 4) is 11.5 Å². The zero-order valence-electron chi connectivity index (χ0n) is 36.9. The van der Waals surface area contributed by atoms with Crippen LogP contribution in [0, 0.1) is 33.7 Å². The third kappa shape index (κ3) is 11.3. The first kappa shape index (κ1) is 47.8. The van der Waals surface area contributed by atoms with Crippen LogP contribution >= 0.6 is 0 Å². The molecule has 1 amide bonds. The van der Waals surface area contributed by atoms with Crippen LogP contribution < -0.4 is 4.74 Å². The zero-order chi connectivity index (χ0) is 46.5. The summed E-state index contributed by atoms with van der Waals surface area (Å²) in [5.41, 5.74) is 4.18. The highest BCUT2D eigenvalue weighted by molar-refractivity contribution is 6.03. The molecule has 0 spiro atoms. The predicted octanol–water partition coefficient (Wildman–Crippen LogP) is 9.13. The van der Waals surface area contributed by atoms with Gasteiger partial charge in [0.15, 0.2) is 0 Å². The molecule has 2 aliphatic carbocycles. The minimum atomic E-state index is -1.62. The number of non-ortho nitro benzene ring substituents is 1. The lowest BCUT2D eigenvalue weighted by atomic mass is 9.55. The molecule has 15 heteroatoms. The summed E-state index contributed by atoms with van der Waals surface area (Å²) in [4.78, 5) is 33.4. The van der Waals surface area contributed by atoms with Crippen molar-refractivity contribution in [2.24, 2.45) is 22.9 Å². The molecule has 1 heterocycles. The van der Waals surface area contributed by atoms with E-state index in [0.29, 0.717) is 54.9 Å². The van der Waals surface area contributed by atoms with Crippen LogP contribution in [0.25, 0.3) is 0 Å². The number of aromatic hydroxyl groups is 1. The van der Waals surface area contributed by atoms with E-state index in [1.165, 1.54) is 29.2 Å². The molecule has 6 atom stereocenters. The number of carbonyl (C=O) groups excluding carboxylic acids is 1. The van der Waals surface area contributed by atoms with Crippen LogP contribution in [0.2, 0.25) is 0 Å². The highest BCUT2D eigenvalue weighted by atomic mass is 19.1. The number of phenolic OH excluding ortho intramolecular Hbond substituents is 1. The molecule has 6 unspecified atom stereocenters. The number of aliphatic hydroxyl groups is 2. The first-order chi connectivity index (χ1) is 32.1. The van der Waals surface area contributed by atoms with Crippen molar-refractivity contribution in [2.75, 3.05) is 33.0 Å². The summed E-state index contributed by atoms with van der Waals surface area (Å²) in [6.45, 7) is 4.33. The van der Waals surface area contributed by atoms with Crippen LogP contribution in [0.15, 0.2) is 127 Å². The molecule has 1 aliphatic heterocycles. The van der Waals surface area contributed by atoms with Gasteiger partial charge in [-0.1, -0.05) is 72.6 Å². The second-order valence-electron chi connectivity index (χ2n) is 16.9. The van der Waals surface area contributed by atoms with E-state index in [1.54, 1.807) is 48.5 Å². The highest BCUT2D eigenvalue weighted by Crippen LogP contribution is 2.62. The lowest BCUT2D eigenvalue weighted by molar-refractivity contribution is -0.384. The lowest BCUT2D eigenvalue weighted by Crippen LogP contribution is -2.70. The number of unbranched alkanes of at least 4 members (excludes halogenated alkanes) is 2. The van der Waals surface area contributed by atoms with Crippen molar-refractivity contribution in [1.29, 1.82) is 0 Å². The third-order valence-corrected chi connectivity index (χ3v) is 12.7. The average Bonchev–Trinajstić information content (AvgIpc) is 3.32. The van der Waals surface area contributed by atoms with Crippen molar-refractivity contribution in [2.45, 2.75) is 82.5 Å². The number of amides is 1. The van der Waals surface area contributed by atoms with Crippen molar-refractivity contribution in [1.82, 2.24) is 4.90 Å². The molecular formula is C51H58FN3O11. The maximum atomic E-state index is 14.8. The van der Waals surface area contributed by atoms with Crippen molar-refractivity contribution < 1.29 is 53.2 Å². The monoisotopic (exact) mass is 907 g/mol. The largest absolute Gasteiger partial charge is 0.508 e. The Hall–Kier alpha value is -6.13. The van der Waals surface area contributed by atoms with Gasteiger partial charge in [0.25, 0.3) is 5.69 Å². The fourth-order valence-electron chi connectivity index (χ4n) is 9.68. The quantitative estimate of drug-likeness (QED) is 0.0279. The summed E-state index contributed by atoms with van der Waals surface area (Å²) in [6.07, 6.45) is 7.18. The van der Waals surface area contributed by atoms with Gasteiger partial charge < -0.3 is 39.1 Å². The van der Waals surface area contributed by atoms with E-state index in [2.05, 4.69) is 12.7 Å². The number of phenols is 1. The van der Waals surface area contributed by atoms with Gasteiger partial charge in [0, 0.05) is 49.8 Å². The zero-order valence-corrected chi connectivity index (χ0v) is 36.9. The summed E-state index contributed by atoms with van der Waals surface area (Å²) >= 11 is 0. The summed E-state index contributed by atoms with van der Waals surface area (Å²) in [5, 5.41) is 47.0. The molecule has 4 aromatic rings. The summed E-state index contributed by atoms with van der Waals surface area (Å²) in [7, 11) is 0. The number of fused-ring (bicyclic) bond motifs is 2. The number of ether oxygens (including phenoxy) is 4. The molecule has 3 N–H and O–H groups in total. The van der Waals surface area contributed by atoms with Gasteiger partial charge in [0.2, 0.25) is 5.79 Å². The molecule has 0 aromatic heterocycles. The summed E-state index contributed by atoms with van der Waals surface area (Å²) in [6, 6.07) is 25.5. The van der Waals surface area contributed by atoms with E-state index in [0.717, 1.165) is 29.5 Å². The van der Waals surface area contributed by atoms with Gasteiger partial charge in [0.1, 0.15) is 36.6 Å². The Bertz CT molecular complexity index is 2310. The number of nitro groups is 1. The molecule has 4 aromatic carbocycles. The predicted molar refractivity (Wildman–Crippen MR) is 244 cm³/mol. The number of nitro benzene ring substituents is 1. The molecule has 3 aliphatic rings. The molecule has 0 saturated heterocycles. The van der Waals surface area contributed by atoms with Gasteiger partial charge in [-0.3, -0.25) is 15.0 Å². The van der Waals surface area contributed by atoms with E-state index < -0.39 is 34.6 Å². The number of rotatable bonds is 23. The molecule has 0 bridgehead atoms. The van der Waals surface area contributed by atoms with Gasteiger partial charge in [0.05, 0.1) is 36.4 Å². The van der Waals surface area contributed by atoms with Crippen LogP contribution in [0.4, 0.5) is 14.9 Å². The number of oxime groups is 1. The second-order valence-corrected chi connectivity index (χ2v) is 16.9. The van der Waals surface area contributed by atoms with Gasteiger partial charge in [-0.05, 0) is 102 Å². The highest BCUT2D eigenvalue weighted by Gasteiger charge is 2.65. The van der Waals surface area contributed by atoms with E-state index in [-0.39, 0.29) is 81.8 Å². The van der Waals surface area contributed by atoms with Crippen molar-refractivity contribution in [3.05, 3.63) is 160 Å². The third-order valence-electron chi connectivity index (χ3n) is 12.7. The second kappa shape index (κ2) is 22.9. The summed E-state index contributed by atoms with van der Waals surface area (Å²) < 4.78 is 40.4.